The lowest BCUT2D eigenvalue weighted by Gasteiger charge is -2.16. The van der Waals surface area contributed by atoms with Gasteiger partial charge in [0.15, 0.2) is 0 Å². The summed E-state index contributed by atoms with van der Waals surface area (Å²) in [6, 6.07) is 5.79. The minimum absolute atomic E-state index is 0.586. The fraction of sp³-hybridized carbons (Fsp3) is 0.300. The molecule has 1 aromatic rings. The van der Waals surface area contributed by atoms with Crippen molar-refractivity contribution in [2.24, 2.45) is 15.7 Å². The summed E-state index contributed by atoms with van der Waals surface area (Å²) in [4.78, 5) is 14.0. The third-order valence-corrected chi connectivity index (χ3v) is 1.86. The van der Waals surface area contributed by atoms with Crippen molar-refractivity contribution in [2.45, 2.75) is 6.54 Å². The number of nitrogens with two attached hydrogens (primary N) is 1. The Hall–Kier alpha value is -1.91. The highest BCUT2D eigenvalue weighted by Gasteiger charge is 2.04. The number of guanidine groups is 1. The molecule has 0 spiro atoms. The van der Waals surface area contributed by atoms with Gasteiger partial charge >= 0.3 is 0 Å². The number of hydrogen-bond donors (Lipinski definition) is 1. The van der Waals surface area contributed by atoms with Crippen LogP contribution in [0.3, 0.4) is 0 Å². The first-order valence-electron chi connectivity index (χ1n) is 4.60. The lowest BCUT2D eigenvalue weighted by Crippen LogP contribution is -2.25. The minimum Gasteiger partial charge on any atom is -0.390 e. The third-order valence-electron chi connectivity index (χ3n) is 1.86. The van der Waals surface area contributed by atoms with Crippen LogP contribution in [0.25, 0.3) is 0 Å². The number of hydrogen-bond acceptors (Lipinski definition) is 2. The highest BCUT2D eigenvalue weighted by Crippen LogP contribution is 2.00. The molecule has 0 aliphatic heterocycles. The van der Waals surface area contributed by atoms with Crippen LogP contribution in [0.1, 0.15) is 5.69 Å². The molecule has 0 aromatic carbocycles. The van der Waals surface area contributed by atoms with Crippen molar-refractivity contribution in [1.29, 1.82) is 0 Å². The number of rotatable bonds is 2. The Bertz CT molecular complexity index is 344. The number of aliphatic imine (C=N–C) groups is 2. The summed E-state index contributed by atoms with van der Waals surface area (Å²) in [6.07, 6.45) is 3.00. The second-order valence-corrected chi connectivity index (χ2v) is 2.98. The van der Waals surface area contributed by atoms with Crippen molar-refractivity contribution >= 4 is 12.3 Å². The van der Waals surface area contributed by atoms with Crippen LogP contribution in [-0.2, 0) is 6.54 Å². The van der Waals surface area contributed by atoms with E-state index in [1.54, 1.807) is 13.2 Å². The second kappa shape index (κ2) is 5.74. The molecule has 0 unspecified atom stereocenters. The molecule has 0 saturated carbocycles. The first kappa shape index (κ1) is 11.2. The Balaban J connectivity index is 2.67. The highest BCUT2D eigenvalue weighted by molar-refractivity contribution is 5.86. The second-order valence-electron chi connectivity index (χ2n) is 2.98. The molecule has 1 aromatic heterocycles. The number of nitrogens with zero attached hydrogens (tertiary/aromatic N) is 4. The van der Waals surface area contributed by atoms with E-state index in [4.69, 9.17) is 5.73 Å². The van der Waals surface area contributed by atoms with E-state index in [1.165, 1.54) is 6.34 Å². The molecule has 5 heteroatoms. The van der Waals surface area contributed by atoms with Gasteiger partial charge in [0.1, 0.15) is 0 Å². The molecule has 15 heavy (non-hydrogen) atoms. The van der Waals surface area contributed by atoms with Gasteiger partial charge in [-0.2, -0.15) is 0 Å². The zero-order valence-electron chi connectivity index (χ0n) is 8.96. The van der Waals surface area contributed by atoms with Crippen molar-refractivity contribution in [3.63, 3.8) is 0 Å². The summed E-state index contributed by atoms with van der Waals surface area (Å²) >= 11 is 0. The average molecular weight is 205 g/mol. The maximum Gasteiger partial charge on any atom is 0.221 e. The molecule has 5 nitrogen and oxygen atoms in total. The van der Waals surface area contributed by atoms with Crippen LogP contribution in [0.4, 0.5) is 0 Å². The smallest absolute Gasteiger partial charge is 0.221 e. The van der Waals surface area contributed by atoms with Crippen LogP contribution in [0, 0.1) is 0 Å². The lowest BCUT2D eigenvalue weighted by atomic mass is 10.3. The van der Waals surface area contributed by atoms with Gasteiger partial charge in [-0.15, -0.1) is 0 Å². The van der Waals surface area contributed by atoms with Crippen LogP contribution >= 0.6 is 0 Å². The molecular weight excluding hydrogens is 190 g/mol. The quantitative estimate of drug-likeness (QED) is 0.564. The normalized spacial score (nSPS) is 12.0. The summed E-state index contributed by atoms with van der Waals surface area (Å²) in [6.45, 7) is 0.658. The summed E-state index contributed by atoms with van der Waals surface area (Å²) in [5, 5.41) is 0. The molecule has 1 rings (SSSR count). The van der Waals surface area contributed by atoms with Crippen LogP contribution in [-0.4, -0.2) is 36.3 Å². The molecule has 0 saturated heterocycles. The Kier molecular flexibility index (Phi) is 4.28. The third kappa shape index (κ3) is 3.38. The Morgan fingerprint density at radius 1 is 1.60 bits per heavy atom. The van der Waals surface area contributed by atoms with Crippen molar-refractivity contribution in [2.75, 3.05) is 14.1 Å². The minimum atomic E-state index is 0.586. The molecule has 1 heterocycles. The molecule has 0 atom stereocenters. The molecule has 0 bridgehead atoms. The molecule has 0 amide bonds. The first-order valence-corrected chi connectivity index (χ1v) is 4.60. The van der Waals surface area contributed by atoms with E-state index in [0.717, 1.165) is 5.69 Å². The van der Waals surface area contributed by atoms with Gasteiger partial charge < -0.3 is 10.6 Å². The SMILES string of the molecule is CN=C(N=CN)N(C)Cc1ccccn1. The van der Waals surface area contributed by atoms with Gasteiger partial charge in [-0.05, 0) is 12.1 Å². The number of aromatic nitrogens is 1. The zero-order valence-corrected chi connectivity index (χ0v) is 8.96. The fourth-order valence-electron chi connectivity index (χ4n) is 1.20. The Morgan fingerprint density at radius 3 is 2.93 bits per heavy atom. The molecule has 80 valence electrons. The van der Waals surface area contributed by atoms with Crippen molar-refractivity contribution < 1.29 is 0 Å². The van der Waals surface area contributed by atoms with E-state index >= 15 is 0 Å². The number of pyridine rings is 1. The largest absolute Gasteiger partial charge is 0.390 e. The summed E-state index contributed by atoms with van der Waals surface area (Å²) < 4.78 is 0. The van der Waals surface area contributed by atoms with Gasteiger partial charge in [-0.1, -0.05) is 6.07 Å². The standard InChI is InChI=1S/C10H15N5/c1-12-10(14-8-11)15(2)7-9-5-3-4-6-13-9/h3-6,8H,7H2,1-2H3,(H2,11,12,14). The van der Waals surface area contributed by atoms with Crippen molar-refractivity contribution in [1.82, 2.24) is 9.88 Å². The first-order chi connectivity index (χ1) is 7.27. The van der Waals surface area contributed by atoms with Gasteiger partial charge in [0.25, 0.3) is 0 Å². The van der Waals surface area contributed by atoms with Crippen molar-refractivity contribution in [3.8, 4) is 0 Å². The Labute approximate surface area is 89.4 Å². The van der Waals surface area contributed by atoms with Gasteiger partial charge in [0, 0.05) is 20.3 Å². The van der Waals surface area contributed by atoms with E-state index in [0.29, 0.717) is 12.5 Å². The monoisotopic (exact) mass is 205 g/mol. The highest BCUT2D eigenvalue weighted by atomic mass is 15.3. The summed E-state index contributed by atoms with van der Waals surface area (Å²) in [5.74, 6) is 0.586. The van der Waals surface area contributed by atoms with Gasteiger partial charge in [0.05, 0.1) is 18.6 Å². The van der Waals surface area contributed by atoms with E-state index in [2.05, 4.69) is 15.0 Å². The zero-order chi connectivity index (χ0) is 11.1. The van der Waals surface area contributed by atoms with Crippen molar-refractivity contribution in [3.05, 3.63) is 30.1 Å². The topological polar surface area (TPSA) is 66.9 Å². The fourth-order valence-corrected chi connectivity index (χ4v) is 1.20. The molecule has 0 aliphatic carbocycles. The molecule has 0 radical (unpaired) electrons. The molecular formula is C10H15N5. The van der Waals surface area contributed by atoms with E-state index in [-0.39, 0.29) is 0 Å². The van der Waals surface area contributed by atoms with Crippen LogP contribution in [0.15, 0.2) is 34.4 Å². The molecule has 2 N–H and O–H groups in total. The van der Waals surface area contributed by atoms with Gasteiger partial charge in [-0.3, -0.25) is 9.98 Å². The van der Waals surface area contributed by atoms with E-state index in [9.17, 15) is 0 Å². The van der Waals surface area contributed by atoms with Gasteiger partial charge in [0.2, 0.25) is 5.96 Å². The summed E-state index contributed by atoms with van der Waals surface area (Å²) in [5.41, 5.74) is 6.19. The predicted octanol–water partition coefficient (Wildman–Crippen LogP) is 0.486. The van der Waals surface area contributed by atoms with Crippen LogP contribution < -0.4 is 5.73 Å². The molecule has 0 fully saturated rings. The average Bonchev–Trinajstić information content (AvgIpc) is 2.27. The van der Waals surface area contributed by atoms with Gasteiger partial charge in [-0.25, -0.2) is 4.99 Å². The summed E-state index contributed by atoms with van der Waals surface area (Å²) in [7, 11) is 3.57. The lowest BCUT2D eigenvalue weighted by molar-refractivity contribution is 0.486. The van der Waals surface area contributed by atoms with E-state index < -0.39 is 0 Å². The van der Waals surface area contributed by atoms with E-state index in [1.807, 2.05) is 30.1 Å². The Morgan fingerprint density at radius 2 is 2.40 bits per heavy atom. The maximum atomic E-state index is 5.22. The van der Waals surface area contributed by atoms with Crippen LogP contribution in [0.2, 0.25) is 0 Å². The molecule has 0 aliphatic rings. The maximum absolute atomic E-state index is 5.22. The van der Waals surface area contributed by atoms with Crippen LogP contribution in [0.5, 0.6) is 0 Å². The predicted molar refractivity (Wildman–Crippen MR) is 61.7 cm³/mol.